The van der Waals surface area contributed by atoms with E-state index in [1.165, 1.54) is 11.8 Å². The van der Waals surface area contributed by atoms with E-state index >= 15 is 0 Å². The smallest absolute Gasteiger partial charge is 0.249 e. The molecule has 0 radical (unpaired) electrons. The predicted octanol–water partition coefficient (Wildman–Crippen LogP) is 1.16. The molecule has 5 nitrogen and oxygen atoms in total. The molecule has 2 atom stereocenters. The second kappa shape index (κ2) is 4.50. The number of carbonyl (C=O) groups is 2. The highest BCUT2D eigenvalue weighted by Crippen LogP contribution is 2.20. The summed E-state index contributed by atoms with van der Waals surface area (Å²) >= 11 is 5.36. The number of hydrogen-bond acceptors (Lipinski definition) is 4. The molecule has 1 saturated heterocycles. The summed E-state index contributed by atoms with van der Waals surface area (Å²) in [5.41, 5.74) is 6.74. The van der Waals surface area contributed by atoms with E-state index in [0.29, 0.717) is 13.0 Å². The fraction of sp³-hybridized carbons (Fsp3) is 0.750. The Bertz CT molecular complexity index is 269. The van der Waals surface area contributed by atoms with E-state index < -0.39 is 17.3 Å². The third kappa shape index (κ3) is 2.09. The zero-order chi connectivity index (χ0) is 10.7. The molecule has 1 N–H and O–H groups in total. The first-order chi connectivity index (χ1) is 6.57. The number of nitrogens with one attached hydrogen (secondary N) is 1. The molecule has 1 amide bonds. The molecule has 6 heteroatoms. The Morgan fingerprint density at radius 3 is 2.79 bits per heavy atom. The van der Waals surface area contributed by atoms with Crippen LogP contribution >= 0.6 is 11.6 Å². The van der Waals surface area contributed by atoms with Gasteiger partial charge in [0.2, 0.25) is 11.1 Å². The molecule has 1 aliphatic rings. The lowest BCUT2D eigenvalue weighted by atomic mass is 10.2. The molecule has 0 aromatic rings. The first-order valence-corrected chi connectivity index (χ1v) is 4.82. The van der Waals surface area contributed by atoms with Gasteiger partial charge >= 0.3 is 0 Å². The topological polar surface area (TPSA) is 73.6 Å². The van der Waals surface area contributed by atoms with Crippen LogP contribution in [0.3, 0.4) is 0 Å². The number of likely N-dealkylation sites (tertiary alicyclic amines) is 1. The quantitative estimate of drug-likeness (QED) is 0.569. The maximum absolute atomic E-state index is 11.6. The minimum Gasteiger partial charge on any atom is -0.329 e. The summed E-state index contributed by atoms with van der Waals surface area (Å²) in [6.45, 7) is 2.06. The van der Waals surface area contributed by atoms with Crippen LogP contribution in [0.4, 0.5) is 0 Å². The minimum absolute atomic E-state index is 0.295. The van der Waals surface area contributed by atoms with Crippen molar-refractivity contribution in [2.45, 2.75) is 31.8 Å². The third-order valence-electron chi connectivity index (χ3n) is 2.35. The highest BCUT2D eigenvalue weighted by atomic mass is 35.5. The zero-order valence-electron chi connectivity index (χ0n) is 7.86. The molecule has 1 aliphatic heterocycles. The largest absolute Gasteiger partial charge is 0.329 e. The molecule has 0 aromatic carbocycles. The van der Waals surface area contributed by atoms with Crippen molar-refractivity contribution in [2.75, 3.05) is 6.54 Å². The molecule has 1 fully saturated rings. The number of hydrogen-bond donors (Lipinski definition) is 1. The van der Waals surface area contributed by atoms with Crippen LogP contribution in [-0.2, 0) is 9.59 Å². The molecule has 0 aromatic heterocycles. The first kappa shape index (κ1) is 11.1. The van der Waals surface area contributed by atoms with Crippen molar-refractivity contribution in [3.8, 4) is 0 Å². The van der Waals surface area contributed by atoms with Gasteiger partial charge in [-0.05, 0) is 31.4 Å². The number of amides is 1. The van der Waals surface area contributed by atoms with E-state index in [1.807, 2.05) is 0 Å². The summed E-state index contributed by atoms with van der Waals surface area (Å²) in [4.78, 5) is 24.0. The highest BCUT2D eigenvalue weighted by Gasteiger charge is 2.34. The molecule has 0 saturated carbocycles. The molecule has 1 heterocycles. The highest BCUT2D eigenvalue weighted by molar-refractivity contribution is 6.64. The van der Waals surface area contributed by atoms with Gasteiger partial charge in [-0.25, -0.2) is 5.53 Å². The first-order valence-electron chi connectivity index (χ1n) is 4.44. The van der Waals surface area contributed by atoms with E-state index in [-0.39, 0.29) is 5.91 Å². The van der Waals surface area contributed by atoms with Crippen molar-refractivity contribution in [2.24, 2.45) is 5.11 Å². The van der Waals surface area contributed by atoms with Gasteiger partial charge in [0.1, 0.15) is 12.1 Å². The van der Waals surface area contributed by atoms with Gasteiger partial charge in [0.05, 0.1) is 0 Å². The molecular weight excluding hydrogens is 206 g/mol. The molecule has 0 aliphatic carbocycles. The predicted molar refractivity (Wildman–Crippen MR) is 50.2 cm³/mol. The van der Waals surface area contributed by atoms with E-state index in [1.54, 1.807) is 0 Å². The van der Waals surface area contributed by atoms with Gasteiger partial charge < -0.3 is 4.90 Å². The van der Waals surface area contributed by atoms with Crippen LogP contribution in [-0.4, -0.2) is 34.7 Å². The van der Waals surface area contributed by atoms with Crippen molar-refractivity contribution in [1.82, 2.24) is 4.90 Å². The maximum atomic E-state index is 11.6. The Hall–Kier alpha value is -0.970. The maximum Gasteiger partial charge on any atom is 0.249 e. The lowest BCUT2D eigenvalue weighted by molar-refractivity contribution is -0.136. The zero-order valence-corrected chi connectivity index (χ0v) is 8.62. The summed E-state index contributed by atoms with van der Waals surface area (Å²) in [5, 5.41) is 2.62. The van der Waals surface area contributed by atoms with Gasteiger partial charge in [-0.1, -0.05) is 0 Å². The Morgan fingerprint density at radius 1 is 1.64 bits per heavy atom. The molecule has 1 rings (SSSR count). The van der Waals surface area contributed by atoms with Crippen LogP contribution in [0.1, 0.15) is 19.8 Å². The second-order valence-electron chi connectivity index (χ2n) is 3.30. The molecular formula is C8H12ClN3O2. The second-order valence-corrected chi connectivity index (χ2v) is 3.67. The Labute approximate surface area is 86.9 Å². The molecule has 0 bridgehead atoms. The van der Waals surface area contributed by atoms with Crippen LogP contribution in [0.5, 0.6) is 0 Å². The lowest BCUT2D eigenvalue weighted by Gasteiger charge is -2.22. The van der Waals surface area contributed by atoms with E-state index in [4.69, 9.17) is 17.1 Å². The Balaban J connectivity index is 2.71. The third-order valence-corrected chi connectivity index (χ3v) is 2.60. The molecule has 14 heavy (non-hydrogen) atoms. The van der Waals surface area contributed by atoms with E-state index in [2.05, 4.69) is 5.11 Å². The fourth-order valence-electron chi connectivity index (χ4n) is 1.56. The van der Waals surface area contributed by atoms with Crippen LogP contribution in [0.25, 0.3) is 0 Å². The normalized spacial score (nSPS) is 23.3. The minimum atomic E-state index is -0.716. The van der Waals surface area contributed by atoms with Gasteiger partial charge in [0, 0.05) is 6.54 Å². The number of carbonyl (C=O) groups excluding carboxylic acids is 2. The van der Waals surface area contributed by atoms with Crippen molar-refractivity contribution in [3.05, 3.63) is 0 Å². The van der Waals surface area contributed by atoms with Crippen LogP contribution in [0.2, 0.25) is 0 Å². The molecule has 1 unspecified atom stereocenters. The summed E-state index contributed by atoms with van der Waals surface area (Å²) in [5.74, 6) is -0.295. The van der Waals surface area contributed by atoms with Crippen LogP contribution in [0.15, 0.2) is 5.11 Å². The molecule has 0 spiro atoms. The van der Waals surface area contributed by atoms with Crippen molar-refractivity contribution < 1.29 is 9.59 Å². The Morgan fingerprint density at radius 2 is 2.29 bits per heavy atom. The van der Waals surface area contributed by atoms with Crippen molar-refractivity contribution in [3.63, 3.8) is 0 Å². The summed E-state index contributed by atoms with van der Waals surface area (Å²) in [6.07, 6.45) is 1.39. The Kier molecular flexibility index (Phi) is 3.57. The van der Waals surface area contributed by atoms with Crippen molar-refractivity contribution >= 4 is 22.8 Å². The van der Waals surface area contributed by atoms with Crippen molar-refractivity contribution in [1.29, 1.82) is 5.53 Å². The SMILES string of the molecule is C[C@H](N=N)C(=O)N1CCCC1C(=O)Cl. The van der Waals surface area contributed by atoms with Gasteiger partial charge in [-0.2, -0.15) is 5.11 Å². The van der Waals surface area contributed by atoms with Gasteiger partial charge in [-0.15, -0.1) is 0 Å². The number of nitrogens with zero attached hydrogens (tertiary/aromatic N) is 2. The number of halogens is 1. The standard InChI is InChI=1S/C8H12ClN3O2/c1-5(11-10)8(14)12-4-2-3-6(12)7(9)13/h5-6,10H,2-4H2,1H3/t5-,6?/m0/s1. The summed E-state index contributed by atoms with van der Waals surface area (Å²) in [7, 11) is 0. The summed E-state index contributed by atoms with van der Waals surface area (Å²) < 4.78 is 0. The fourth-order valence-corrected chi connectivity index (χ4v) is 1.79. The molecule has 78 valence electrons. The summed E-state index contributed by atoms with van der Waals surface area (Å²) in [6, 6.07) is -1.24. The van der Waals surface area contributed by atoms with Crippen LogP contribution < -0.4 is 0 Å². The van der Waals surface area contributed by atoms with E-state index in [0.717, 1.165) is 6.42 Å². The van der Waals surface area contributed by atoms with Gasteiger partial charge in [0.25, 0.3) is 0 Å². The number of rotatable bonds is 3. The average molecular weight is 218 g/mol. The van der Waals surface area contributed by atoms with Crippen LogP contribution in [0, 0.1) is 5.53 Å². The van der Waals surface area contributed by atoms with Gasteiger partial charge in [0.15, 0.2) is 0 Å². The van der Waals surface area contributed by atoms with E-state index in [9.17, 15) is 9.59 Å². The lowest BCUT2D eigenvalue weighted by Crippen LogP contribution is -2.42. The monoisotopic (exact) mass is 217 g/mol. The average Bonchev–Trinajstić information content (AvgIpc) is 2.63. The van der Waals surface area contributed by atoms with Gasteiger partial charge in [-0.3, -0.25) is 9.59 Å².